The molecular weight excluding hydrogens is 262 g/mol. The smallest absolute Gasteiger partial charge is 0.332 e. The number of carboxylic acids is 1. The molecule has 104 valence electrons. The highest BCUT2D eigenvalue weighted by atomic mass is 32.1. The summed E-state index contributed by atoms with van der Waals surface area (Å²) in [6, 6.07) is 2.84. The van der Waals surface area contributed by atoms with Crippen molar-refractivity contribution in [2.75, 3.05) is 6.54 Å². The first-order chi connectivity index (χ1) is 9.22. The molecule has 2 aliphatic rings. The number of hydrogen-bond donors (Lipinski definition) is 1. The van der Waals surface area contributed by atoms with Gasteiger partial charge in [0.1, 0.15) is 0 Å². The molecule has 1 N–H and O–H groups in total. The first-order valence-corrected chi connectivity index (χ1v) is 7.80. The van der Waals surface area contributed by atoms with Gasteiger partial charge in [-0.25, -0.2) is 4.79 Å². The normalized spacial score (nSPS) is 27.0. The standard InChI is InChI=1S/C14H19NO3S/c16-14(17)13-4-3-12(18-13)8-15(11-1-2-11)7-10-5-6-19-9-10/h5-6,9,11-13H,1-4,7-8H2,(H,16,17). The van der Waals surface area contributed by atoms with Crippen molar-refractivity contribution in [3.63, 3.8) is 0 Å². The van der Waals surface area contributed by atoms with Gasteiger partial charge in [0, 0.05) is 19.1 Å². The Morgan fingerprint density at radius 3 is 2.84 bits per heavy atom. The summed E-state index contributed by atoms with van der Waals surface area (Å²) in [6.07, 6.45) is 3.53. The lowest BCUT2D eigenvalue weighted by atomic mass is 10.2. The third-order valence-electron chi connectivity index (χ3n) is 3.85. The first kappa shape index (κ1) is 13.1. The molecule has 1 aliphatic heterocycles. The fourth-order valence-electron chi connectivity index (χ4n) is 2.68. The predicted octanol–water partition coefficient (Wildman–Crippen LogP) is 2.34. The Kier molecular flexibility index (Phi) is 3.86. The molecule has 1 aliphatic carbocycles. The third-order valence-corrected chi connectivity index (χ3v) is 4.58. The van der Waals surface area contributed by atoms with Gasteiger partial charge in [0.25, 0.3) is 0 Å². The Hall–Kier alpha value is -0.910. The summed E-state index contributed by atoms with van der Waals surface area (Å²) in [7, 11) is 0. The zero-order chi connectivity index (χ0) is 13.2. The van der Waals surface area contributed by atoms with Gasteiger partial charge in [0.05, 0.1) is 6.10 Å². The zero-order valence-electron chi connectivity index (χ0n) is 10.8. The maximum absolute atomic E-state index is 10.9. The molecular formula is C14H19NO3S. The van der Waals surface area contributed by atoms with E-state index >= 15 is 0 Å². The largest absolute Gasteiger partial charge is 0.479 e. The number of nitrogens with zero attached hydrogens (tertiary/aromatic N) is 1. The summed E-state index contributed by atoms with van der Waals surface area (Å²) in [6.45, 7) is 1.83. The Bertz CT molecular complexity index is 430. The van der Waals surface area contributed by atoms with Crippen LogP contribution in [0.1, 0.15) is 31.2 Å². The van der Waals surface area contributed by atoms with E-state index in [0.717, 1.165) is 19.5 Å². The molecule has 2 atom stereocenters. The lowest BCUT2D eigenvalue weighted by Gasteiger charge is -2.24. The molecule has 5 heteroatoms. The molecule has 0 bridgehead atoms. The zero-order valence-corrected chi connectivity index (χ0v) is 11.6. The van der Waals surface area contributed by atoms with E-state index in [2.05, 4.69) is 21.7 Å². The highest BCUT2D eigenvalue weighted by Crippen LogP contribution is 2.31. The van der Waals surface area contributed by atoms with E-state index in [1.165, 1.54) is 18.4 Å². The summed E-state index contributed by atoms with van der Waals surface area (Å²) >= 11 is 1.73. The van der Waals surface area contributed by atoms with Crippen molar-refractivity contribution in [3.05, 3.63) is 22.4 Å². The topological polar surface area (TPSA) is 49.8 Å². The molecule has 0 radical (unpaired) electrons. The average Bonchev–Trinajstić information content (AvgIpc) is 2.90. The summed E-state index contributed by atoms with van der Waals surface area (Å²) in [5.41, 5.74) is 1.35. The number of thiophene rings is 1. The van der Waals surface area contributed by atoms with E-state index in [-0.39, 0.29) is 6.10 Å². The van der Waals surface area contributed by atoms with Crippen LogP contribution in [0.25, 0.3) is 0 Å². The first-order valence-electron chi connectivity index (χ1n) is 6.86. The second-order valence-corrected chi connectivity index (χ2v) is 6.23. The minimum Gasteiger partial charge on any atom is -0.479 e. The average molecular weight is 281 g/mol. The van der Waals surface area contributed by atoms with Gasteiger partial charge in [-0.1, -0.05) is 0 Å². The fraction of sp³-hybridized carbons (Fsp3) is 0.643. The second-order valence-electron chi connectivity index (χ2n) is 5.45. The lowest BCUT2D eigenvalue weighted by Crippen LogP contribution is -2.34. The van der Waals surface area contributed by atoms with Crippen LogP contribution in [0.3, 0.4) is 0 Å². The monoisotopic (exact) mass is 281 g/mol. The van der Waals surface area contributed by atoms with Crippen molar-refractivity contribution in [3.8, 4) is 0 Å². The van der Waals surface area contributed by atoms with Gasteiger partial charge in [-0.3, -0.25) is 4.90 Å². The van der Waals surface area contributed by atoms with Gasteiger partial charge in [0.15, 0.2) is 6.10 Å². The van der Waals surface area contributed by atoms with Gasteiger partial charge >= 0.3 is 5.97 Å². The molecule has 4 nitrogen and oxygen atoms in total. The summed E-state index contributed by atoms with van der Waals surface area (Å²) in [5.74, 6) is -0.821. The van der Waals surface area contributed by atoms with E-state index in [1.807, 2.05) is 0 Å². The Balaban J connectivity index is 1.55. The number of hydrogen-bond acceptors (Lipinski definition) is 4. The van der Waals surface area contributed by atoms with Crippen molar-refractivity contribution in [1.29, 1.82) is 0 Å². The van der Waals surface area contributed by atoms with Crippen LogP contribution < -0.4 is 0 Å². The van der Waals surface area contributed by atoms with Crippen LogP contribution in [0.15, 0.2) is 16.8 Å². The maximum Gasteiger partial charge on any atom is 0.332 e. The van der Waals surface area contributed by atoms with Gasteiger partial charge in [-0.05, 0) is 48.1 Å². The Morgan fingerprint density at radius 1 is 1.42 bits per heavy atom. The van der Waals surface area contributed by atoms with Crippen LogP contribution in [0.5, 0.6) is 0 Å². The molecule has 19 heavy (non-hydrogen) atoms. The number of carbonyl (C=O) groups is 1. The van der Waals surface area contributed by atoms with E-state index < -0.39 is 12.1 Å². The van der Waals surface area contributed by atoms with E-state index in [0.29, 0.717) is 12.5 Å². The lowest BCUT2D eigenvalue weighted by molar-refractivity contribution is -0.149. The SMILES string of the molecule is O=C(O)C1CCC(CN(Cc2ccsc2)C2CC2)O1. The molecule has 1 saturated carbocycles. The van der Waals surface area contributed by atoms with Gasteiger partial charge in [-0.15, -0.1) is 0 Å². The third kappa shape index (κ3) is 3.35. The minimum absolute atomic E-state index is 0.0836. The molecule has 2 unspecified atom stereocenters. The minimum atomic E-state index is -0.821. The van der Waals surface area contributed by atoms with Crippen molar-refractivity contribution in [1.82, 2.24) is 4.90 Å². The quantitative estimate of drug-likeness (QED) is 0.869. The van der Waals surface area contributed by atoms with Crippen LogP contribution in [0, 0.1) is 0 Å². The van der Waals surface area contributed by atoms with Crippen molar-refractivity contribution in [2.45, 2.75) is 50.5 Å². The number of carboxylic acid groups (broad SMARTS) is 1. The Labute approximate surface area is 117 Å². The van der Waals surface area contributed by atoms with Gasteiger partial charge < -0.3 is 9.84 Å². The highest BCUT2D eigenvalue weighted by molar-refractivity contribution is 7.07. The molecule has 2 fully saturated rings. The maximum atomic E-state index is 10.9. The van der Waals surface area contributed by atoms with Gasteiger partial charge in [0.2, 0.25) is 0 Å². The van der Waals surface area contributed by atoms with Crippen LogP contribution in [-0.2, 0) is 16.1 Å². The number of aliphatic carboxylic acids is 1. The van der Waals surface area contributed by atoms with Crippen LogP contribution in [0.4, 0.5) is 0 Å². The highest BCUT2D eigenvalue weighted by Gasteiger charge is 2.35. The Morgan fingerprint density at radius 2 is 2.26 bits per heavy atom. The fourth-order valence-corrected chi connectivity index (χ4v) is 3.34. The molecule has 3 rings (SSSR count). The molecule has 1 aromatic heterocycles. The molecule has 1 aromatic rings. The molecule has 0 spiro atoms. The van der Waals surface area contributed by atoms with Crippen molar-refractivity contribution in [2.24, 2.45) is 0 Å². The van der Waals surface area contributed by atoms with Crippen LogP contribution in [-0.4, -0.2) is 40.8 Å². The van der Waals surface area contributed by atoms with Crippen molar-refractivity contribution >= 4 is 17.3 Å². The molecule has 0 amide bonds. The van der Waals surface area contributed by atoms with Crippen molar-refractivity contribution < 1.29 is 14.6 Å². The summed E-state index contributed by atoms with van der Waals surface area (Å²) in [5, 5.41) is 13.2. The van der Waals surface area contributed by atoms with E-state index in [9.17, 15) is 4.79 Å². The van der Waals surface area contributed by atoms with Crippen LogP contribution >= 0.6 is 11.3 Å². The van der Waals surface area contributed by atoms with E-state index in [1.54, 1.807) is 11.3 Å². The predicted molar refractivity (Wildman–Crippen MR) is 73.3 cm³/mol. The van der Waals surface area contributed by atoms with Crippen LogP contribution in [0.2, 0.25) is 0 Å². The van der Waals surface area contributed by atoms with E-state index in [4.69, 9.17) is 9.84 Å². The number of rotatable bonds is 6. The second kappa shape index (κ2) is 5.61. The van der Waals surface area contributed by atoms with Gasteiger partial charge in [-0.2, -0.15) is 11.3 Å². The summed E-state index contributed by atoms with van der Waals surface area (Å²) < 4.78 is 5.61. The molecule has 0 aromatic carbocycles. The number of ether oxygens (including phenoxy) is 1. The molecule has 1 saturated heterocycles. The summed E-state index contributed by atoms with van der Waals surface area (Å²) in [4.78, 5) is 13.4. The molecule has 2 heterocycles.